The molecule has 4 rings (SSSR count). The van der Waals surface area contributed by atoms with Gasteiger partial charge < -0.3 is 0 Å². The van der Waals surface area contributed by atoms with Gasteiger partial charge in [-0.1, -0.05) is 48.5 Å². The van der Waals surface area contributed by atoms with Crippen molar-refractivity contribution in [3.05, 3.63) is 78.6 Å². The van der Waals surface area contributed by atoms with Crippen LogP contribution in [-0.4, -0.2) is 4.98 Å². The lowest BCUT2D eigenvalue weighted by atomic mass is 9.96. The van der Waals surface area contributed by atoms with Gasteiger partial charge in [-0.05, 0) is 29.8 Å². The predicted octanol–water partition coefficient (Wildman–Crippen LogP) is 5.19. The van der Waals surface area contributed by atoms with E-state index in [9.17, 15) is 4.39 Å². The van der Waals surface area contributed by atoms with Crippen LogP contribution in [-0.2, 0) is 0 Å². The molecule has 0 fully saturated rings. The molecule has 3 aromatic carbocycles. The van der Waals surface area contributed by atoms with E-state index in [1.807, 2.05) is 48.5 Å². The molecule has 1 heterocycles. The molecule has 0 N–H and O–H groups in total. The molecule has 0 aliphatic carbocycles. The number of fused-ring (bicyclic) bond motifs is 2. The van der Waals surface area contributed by atoms with Gasteiger partial charge in [-0.25, -0.2) is 9.37 Å². The van der Waals surface area contributed by atoms with Crippen molar-refractivity contribution in [1.82, 2.24) is 4.98 Å². The number of rotatable bonds is 1. The van der Waals surface area contributed by atoms with Crippen molar-refractivity contribution >= 4 is 21.8 Å². The van der Waals surface area contributed by atoms with E-state index in [4.69, 9.17) is 4.98 Å². The van der Waals surface area contributed by atoms with Crippen molar-refractivity contribution in [2.75, 3.05) is 0 Å². The molecule has 0 saturated heterocycles. The maximum absolute atomic E-state index is 13.2. The summed E-state index contributed by atoms with van der Waals surface area (Å²) in [7, 11) is 0. The third-order valence-corrected chi connectivity index (χ3v) is 3.72. The van der Waals surface area contributed by atoms with Crippen LogP contribution in [0.15, 0.2) is 72.8 Å². The van der Waals surface area contributed by atoms with Crippen molar-refractivity contribution in [1.29, 1.82) is 0 Å². The van der Waals surface area contributed by atoms with Crippen molar-refractivity contribution in [2.24, 2.45) is 0 Å². The Labute approximate surface area is 121 Å². The number of hydrogen-bond donors (Lipinski definition) is 0. The number of nitrogens with zero attached hydrogens (tertiary/aromatic N) is 1. The fraction of sp³-hybridized carbons (Fsp3) is 0. The van der Waals surface area contributed by atoms with Gasteiger partial charge in [0.05, 0.1) is 11.0 Å². The molecule has 1 aromatic heterocycles. The third-order valence-electron chi connectivity index (χ3n) is 3.72. The van der Waals surface area contributed by atoms with Gasteiger partial charge in [0.1, 0.15) is 5.82 Å². The topological polar surface area (TPSA) is 12.9 Å². The SMILES string of the molecule is Fc1ccc(-c2c3ccccc3nc3ccccc23)cc1. The van der Waals surface area contributed by atoms with Crippen LogP contribution in [0.25, 0.3) is 32.9 Å². The van der Waals surface area contributed by atoms with E-state index in [2.05, 4.69) is 12.1 Å². The Morgan fingerprint density at radius 1 is 0.619 bits per heavy atom. The highest BCUT2D eigenvalue weighted by molar-refractivity contribution is 6.09. The molecule has 100 valence electrons. The number of aromatic nitrogens is 1. The fourth-order valence-electron chi connectivity index (χ4n) is 2.77. The average Bonchev–Trinajstić information content (AvgIpc) is 2.53. The molecular formula is C19H12FN. The minimum absolute atomic E-state index is 0.221. The first-order valence-electron chi connectivity index (χ1n) is 6.86. The summed E-state index contributed by atoms with van der Waals surface area (Å²) in [6.07, 6.45) is 0. The minimum Gasteiger partial charge on any atom is -0.248 e. The highest BCUT2D eigenvalue weighted by Gasteiger charge is 2.10. The normalized spacial score (nSPS) is 11.1. The van der Waals surface area contributed by atoms with Crippen LogP contribution >= 0.6 is 0 Å². The number of para-hydroxylation sites is 2. The summed E-state index contributed by atoms with van der Waals surface area (Å²) >= 11 is 0. The molecule has 21 heavy (non-hydrogen) atoms. The maximum Gasteiger partial charge on any atom is 0.123 e. The zero-order chi connectivity index (χ0) is 14.2. The lowest BCUT2D eigenvalue weighted by Crippen LogP contribution is -1.89. The zero-order valence-electron chi connectivity index (χ0n) is 11.3. The molecule has 4 aromatic rings. The van der Waals surface area contributed by atoms with Crippen molar-refractivity contribution in [2.45, 2.75) is 0 Å². The predicted molar refractivity (Wildman–Crippen MR) is 84.6 cm³/mol. The molecule has 0 atom stereocenters. The molecule has 0 bridgehead atoms. The molecule has 0 unspecified atom stereocenters. The molecule has 0 spiro atoms. The minimum atomic E-state index is -0.221. The van der Waals surface area contributed by atoms with E-state index in [0.717, 1.165) is 32.9 Å². The van der Waals surface area contributed by atoms with Gasteiger partial charge in [-0.3, -0.25) is 0 Å². The Bertz CT molecular complexity index is 888. The summed E-state index contributed by atoms with van der Waals surface area (Å²) in [6.45, 7) is 0. The molecule has 0 amide bonds. The summed E-state index contributed by atoms with van der Waals surface area (Å²) in [5, 5.41) is 2.17. The van der Waals surface area contributed by atoms with Crippen LogP contribution in [0.1, 0.15) is 0 Å². The first kappa shape index (κ1) is 12.0. The van der Waals surface area contributed by atoms with Gasteiger partial charge in [0.15, 0.2) is 0 Å². The summed E-state index contributed by atoms with van der Waals surface area (Å²) in [4.78, 5) is 4.71. The largest absolute Gasteiger partial charge is 0.248 e. The number of pyridine rings is 1. The summed E-state index contributed by atoms with van der Waals surface area (Å²) in [5.41, 5.74) is 4.02. The lowest BCUT2D eigenvalue weighted by molar-refractivity contribution is 0.628. The average molecular weight is 273 g/mol. The van der Waals surface area contributed by atoms with Gasteiger partial charge in [-0.15, -0.1) is 0 Å². The van der Waals surface area contributed by atoms with E-state index in [-0.39, 0.29) is 5.82 Å². The zero-order valence-corrected chi connectivity index (χ0v) is 11.3. The number of hydrogen-bond acceptors (Lipinski definition) is 1. The quantitative estimate of drug-likeness (QED) is 0.435. The second-order valence-electron chi connectivity index (χ2n) is 5.03. The van der Waals surface area contributed by atoms with Gasteiger partial charge in [0, 0.05) is 16.3 Å². The van der Waals surface area contributed by atoms with Gasteiger partial charge in [0.25, 0.3) is 0 Å². The Morgan fingerprint density at radius 3 is 1.71 bits per heavy atom. The van der Waals surface area contributed by atoms with Crippen LogP contribution in [0.2, 0.25) is 0 Å². The molecule has 1 nitrogen and oxygen atoms in total. The first-order chi connectivity index (χ1) is 10.3. The van der Waals surface area contributed by atoms with E-state index in [1.54, 1.807) is 0 Å². The van der Waals surface area contributed by atoms with Crippen LogP contribution in [0.3, 0.4) is 0 Å². The van der Waals surface area contributed by atoms with Gasteiger partial charge >= 0.3 is 0 Å². The summed E-state index contributed by atoms with van der Waals surface area (Å²) in [5.74, 6) is -0.221. The second kappa shape index (κ2) is 4.67. The van der Waals surface area contributed by atoms with Crippen LogP contribution in [0, 0.1) is 5.82 Å². The third kappa shape index (κ3) is 1.96. The van der Waals surface area contributed by atoms with Crippen LogP contribution < -0.4 is 0 Å². The van der Waals surface area contributed by atoms with Crippen LogP contribution in [0.4, 0.5) is 4.39 Å². The van der Waals surface area contributed by atoms with E-state index in [0.29, 0.717) is 0 Å². The smallest absolute Gasteiger partial charge is 0.123 e. The number of benzene rings is 3. The fourth-order valence-corrected chi connectivity index (χ4v) is 2.77. The number of halogens is 1. The summed E-state index contributed by atoms with van der Waals surface area (Å²) < 4.78 is 13.2. The Hall–Kier alpha value is -2.74. The monoisotopic (exact) mass is 273 g/mol. The first-order valence-corrected chi connectivity index (χ1v) is 6.86. The van der Waals surface area contributed by atoms with Crippen molar-refractivity contribution in [3.63, 3.8) is 0 Å². The molecule has 0 saturated carbocycles. The van der Waals surface area contributed by atoms with E-state index in [1.165, 1.54) is 12.1 Å². The molecule has 0 aliphatic rings. The Balaban J connectivity index is 2.18. The Kier molecular flexibility index (Phi) is 2.68. The summed E-state index contributed by atoms with van der Waals surface area (Å²) in [6, 6.07) is 22.8. The van der Waals surface area contributed by atoms with Gasteiger partial charge in [0.2, 0.25) is 0 Å². The standard InChI is InChI=1S/C19H12FN/c20-14-11-9-13(10-12-14)19-15-5-1-3-7-17(15)21-18-8-4-2-6-16(18)19/h1-12H. The van der Waals surface area contributed by atoms with E-state index < -0.39 is 0 Å². The van der Waals surface area contributed by atoms with Crippen LogP contribution in [0.5, 0.6) is 0 Å². The highest BCUT2D eigenvalue weighted by Crippen LogP contribution is 2.34. The maximum atomic E-state index is 13.2. The van der Waals surface area contributed by atoms with Crippen molar-refractivity contribution < 1.29 is 4.39 Å². The van der Waals surface area contributed by atoms with Gasteiger partial charge in [-0.2, -0.15) is 0 Å². The van der Waals surface area contributed by atoms with E-state index >= 15 is 0 Å². The van der Waals surface area contributed by atoms with Crippen molar-refractivity contribution in [3.8, 4) is 11.1 Å². The molecular weight excluding hydrogens is 261 g/mol. The molecule has 2 heteroatoms. The molecule has 0 radical (unpaired) electrons. The molecule has 0 aliphatic heterocycles. The second-order valence-corrected chi connectivity index (χ2v) is 5.03. The Morgan fingerprint density at radius 2 is 1.14 bits per heavy atom. The highest BCUT2D eigenvalue weighted by atomic mass is 19.1. The lowest BCUT2D eigenvalue weighted by Gasteiger charge is -2.11.